The number of anilines is 2. The average molecular weight is 270 g/mol. The number of rotatable bonds is 8. The molecule has 1 heterocycles. The van der Waals surface area contributed by atoms with Crippen molar-refractivity contribution < 1.29 is 5.11 Å². The van der Waals surface area contributed by atoms with Gasteiger partial charge in [0.1, 0.15) is 11.6 Å². The van der Waals surface area contributed by atoms with E-state index in [1.54, 1.807) is 0 Å². The summed E-state index contributed by atoms with van der Waals surface area (Å²) in [4.78, 5) is 10.9. The second kappa shape index (κ2) is 8.16. The molecular formula is C12H22N4OS. The summed E-state index contributed by atoms with van der Waals surface area (Å²) < 4.78 is 0. The molecule has 2 N–H and O–H groups in total. The minimum Gasteiger partial charge on any atom is -0.395 e. The normalized spacial score (nSPS) is 10.4. The summed E-state index contributed by atoms with van der Waals surface area (Å²) in [6.07, 6.45) is 4.18. The van der Waals surface area contributed by atoms with Crippen LogP contribution in [0.5, 0.6) is 0 Å². The van der Waals surface area contributed by atoms with E-state index in [1.807, 2.05) is 19.4 Å². The highest BCUT2D eigenvalue weighted by Crippen LogP contribution is 2.20. The Bertz CT molecular complexity index is 340. The van der Waals surface area contributed by atoms with Gasteiger partial charge in [0.15, 0.2) is 5.16 Å². The van der Waals surface area contributed by atoms with Crippen molar-refractivity contribution in [3.05, 3.63) is 6.07 Å². The molecule has 102 valence electrons. The van der Waals surface area contributed by atoms with Crippen molar-refractivity contribution in [2.75, 3.05) is 43.2 Å². The van der Waals surface area contributed by atoms with Crippen molar-refractivity contribution in [3.8, 4) is 0 Å². The number of thioether (sulfide) groups is 1. The standard InChI is InChI=1S/C12H22N4OS/c1-4-5-6-16(7-8-17)11-9-10(13-2)14-12(15-11)18-3/h9,17H,4-8H2,1-3H3,(H,13,14,15). The van der Waals surface area contributed by atoms with Crippen molar-refractivity contribution in [1.29, 1.82) is 0 Å². The lowest BCUT2D eigenvalue weighted by molar-refractivity contribution is 0.301. The van der Waals surface area contributed by atoms with E-state index in [2.05, 4.69) is 27.1 Å². The Balaban J connectivity index is 2.93. The van der Waals surface area contributed by atoms with Crippen molar-refractivity contribution >= 4 is 23.4 Å². The SMILES string of the molecule is CCCCN(CCO)c1cc(NC)nc(SC)n1. The predicted octanol–water partition coefficient (Wildman–Crippen LogP) is 1.84. The molecule has 1 rings (SSSR count). The summed E-state index contributed by atoms with van der Waals surface area (Å²) in [6.45, 7) is 3.81. The molecule has 5 nitrogen and oxygen atoms in total. The van der Waals surface area contributed by atoms with E-state index >= 15 is 0 Å². The number of hydrogen-bond acceptors (Lipinski definition) is 6. The molecule has 0 aliphatic rings. The fourth-order valence-corrected chi connectivity index (χ4v) is 1.98. The number of nitrogens with one attached hydrogen (secondary N) is 1. The molecular weight excluding hydrogens is 248 g/mol. The molecule has 0 unspecified atom stereocenters. The molecule has 0 bridgehead atoms. The van der Waals surface area contributed by atoms with Gasteiger partial charge in [-0.2, -0.15) is 0 Å². The predicted molar refractivity (Wildman–Crippen MR) is 77.6 cm³/mol. The molecule has 0 radical (unpaired) electrons. The van der Waals surface area contributed by atoms with Crippen LogP contribution in [0.1, 0.15) is 19.8 Å². The van der Waals surface area contributed by atoms with Crippen LogP contribution in [-0.2, 0) is 0 Å². The fourth-order valence-electron chi connectivity index (χ4n) is 1.60. The van der Waals surface area contributed by atoms with Gasteiger partial charge in [-0.3, -0.25) is 0 Å². The third-order valence-electron chi connectivity index (χ3n) is 2.61. The number of unbranched alkanes of at least 4 members (excludes halogenated alkanes) is 1. The summed E-state index contributed by atoms with van der Waals surface area (Å²) in [6, 6.07) is 1.92. The van der Waals surface area contributed by atoms with Crippen LogP contribution in [0.2, 0.25) is 0 Å². The van der Waals surface area contributed by atoms with Crippen LogP contribution in [0.15, 0.2) is 11.2 Å². The van der Waals surface area contributed by atoms with E-state index in [0.717, 1.165) is 36.2 Å². The van der Waals surface area contributed by atoms with Gasteiger partial charge >= 0.3 is 0 Å². The van der Waals surface area contributed by atoms with Gasteiger partial charge in [-0.15, -0.1) is 0 Å². The number of aromatic nitrogens is 2. The summed E-state index contributed by atoms with van der Waals surface area (Å²) in [5.74, 6) is 1.69. The van der Waals surface area contributed by atoms with E-state index in [1.165, 1.54) is 11.8 Å². The van der Waals surface area contributed by atoms with Gasteiger partial charge in [-0.1, -0.05) is 25.1 Å². The summed E-state index contributed by atoms with van der Waals surface area (Å²) >= 11 is 1.52. The van der Waals surface area contributed by atoms with Gasteiger partial charge in [-0.05, 0) is 12.7 Å². The fraction of sp³-hybridized carbons (Fsp3) is 0.667. The quantitative estimate of drug-likeness (QED) is 0.555. The molecule has 1 aromatic rings. The zero-order valence-corrected chi connectivity index (χ0v) is 12.1. The average Bonchev–Trinajstić information content (AvgIpc) is 2.42. The van der Waals surface area contributed by atoms with Crippen molar-refractivity contribution in [2.24, 2.45) is 0 Å². The summed E-state index contributed by atoms with van der Waals surface area (Å²) in [5, 5.41) is 12.9. The van der Waals surface area contributed by atoms with Gasteiger partial charge in [-0.25, -0.2) is 9.97 Å². The molecule has 0 fully saturated rings. The van der Waals surface area contributed by atoms with Crippen LogP contribution >= 0.6 is 11.8 Å². The van der Waals surface area contributed by atoms with Crippen LogP contribution < -0.4 is 10.2 Å². The Kier molecular flexibility index (Phi) is 6.82. The topological polar surface area (TPSA) is 61.3 Å². The zero-order chi connectivity index (χ0) is 13.4. The van der Waals surface area contributed by atoms with E-state index in [0.29, 0.717) is 6.54 Å². The first-order chi connectivity index (χ1) is 8.74. The van der Waals surface area contributed by atoms with Crippen LogP contribution in [0.3, 0.4) is 0 Å². The lowest BCUT2D eigenvalue weighted by Gasteiger charge is -2.23. The minimum absolute atomic E-state index is 0.136. The molecule has 18 heavy (non-hydrogen) atoms. The minimum atomic E-state index is 0.136. The molecule has 0 aliphatic heterocycles. The maximum atomic E-state index is 9.14. The highest BCUT2D eigenvalue weighted by Gasteiger charge is 2.10. The molecule has 0 aliphatic carbocycles. The van der Waals surface area contributed by atoms with Crippen LogP contribution in [0, 0.1) is 0 Å². The number of nitrogens with zero attached hydrogens (tertiary/aromatic N) is 3. The van der Waals surface area contributed by atoms with Gasteiger partial charge in [0.2, 0.25) is 0 Å². The highest BCUT2D eigenvalue weighted by molar-refractivity contribution is 7.98. The first kappa shape index (κ1) is 15.0. The molecule has 0 saturated heterocycles. The molecule has 0 saturated carbocycles. The maximum Gasteiger partial charge on any atom is 0.191 e. The lowest BCUT2D eigenvalue weighted by Crippen LogP contribution is -2.28. The zero-order valence-electron chi connectivity index (χ0n) is 11.3. The first-order valence-electron chi connectivity index (χ1n) is 6.21. The monoisotopic (exact) mass is 270 g/mol. The van der Waals surface area contributed by atoms with Crippen molar-refractivity contribution in [2.45, 2.75) is 24.9 Å². The second-order valence-corrected chi connectivity index (χ2v) is 4.69. The summed E-state index contributed by atoms with van der Waals surface area (Å²) in [5.41, 5.74) is 0. The van der Waals surface area contributed by atoms with Crippen LogP contribution in [-0.4, -0.2) is 48.1 Å². The Morgan fingerprint density at radius 1 is 1.39 bits per heavy atom. The van der Waals surface area contributed by atoms with E-state index < -0.39 is 0 Å². The highest BCUT2D eigenvalue weighted by atomic mass is 32.2. The molecule has 6 heteroatoms. The van der Waals surface area contributed by atoms with Crippen LogP contribution in [0.25, 0.3) is 0 Å². The number of aliphatic hydroxyl groups excluding tert-OH is 1. The molecule has 1 aromatic heterocycles. The van der Waals surface area contributed by atoms with Crippen molar-refractivity contribution in [1.82, 2.24) is 9.97 Å². The smallest absolute Gasteiger partial charge is 0.191 e. The Hall–Kier alpha value is -1.01. The van der Waals surface area contributed by atoms with Crippen molar-refractivity contribution in [3.63, 3.8) is 0 Å². The van der Waals surface area contributed by atoms with E-state index in [4.69, 9.17) is 5.11 Å². The van der Waals surface area contributed by atoms with E-state index in [-0.39, 0.29) is 6.61 Å². The van der Waals surface area contributed by atoms with Gasteiger partial charge < -0.3 is 15.3 Å². The van der Waals surface area contributed by atoms with Crippen LogP contribution in [0.4, 0.5) is 11.6 Å². The third-order valence-corrected chi connectivity index (χ3v) is 3.15. The van der Waals surface area contributed by atoms with Gasteiger partial charge in [0.05, 0.1) is 6.61 Å². The largest absolute Gasteiger partial charge is 0.395 e. The Labute approximate surface area is 113 Å². The van der Waals surface area contributed by atoms with Gasteiger partial charge in [0, 0.05) is 26.2 Å². The van der Waals surface area contributed by atoms with E-state index in [9.17, 15) is 0 Å². The number of hydrogen-bond donors (Lipinski definition) is 2. The maximum absolute atomic E-state index is 9.14. The number of aliphatic hydroxyl groups is 1. The Morgan fingerprint density at radius 2 is 2.17 bits per heavy atom. The first-order valence-corrected chi connectivity index (χ1v) is 7.44. The molecule has 0 spiro atoms. The third kappa shape index (κ3) is 4.34. The van der Waals surface area contributed by atoms with Gasteiger partial charge in [0.25, 0.3) is 0 Å². The Morgan fingerprint density at radius 3 is 2.72 bits per heavy atom. The molecule has 0 amide bonds. The lowest BCUT2D eigenvalue weighted by atomic mass is 10.3. The second-order valence-electron chi connectivity index (χ2n) is 3.91. The molecule has 0 aromatic carbocycles. The summed E-state index contributed by atoms with van der Waals surface area (Å²) in [7, 11) is 1.85. The molecule has 0 atom stereocenters.